The minimum absolute atomic E-state index is 0.281. The molecule has 3 heteroatoms. The summed E-state index contributed by atoms with van der Waals surface area (Å²) in [5.74, 6) is 0. The molecule has 16 heavy (non-hydrogen) atoms. The van der Waals surface area contributed by atoms with Gasteiger partial charge in [-0.3, -0.25) is 0 Å². The van der Waals surface area contributed by atoms with E-state index in [-0.39, 0.29) is 6.09 Å². The average Bonchev–Trinajstić information content (AvgIpc) is 2.58. The maximum absolute atomic E-state index is 11.3. The lowest BCUT2D eigenvalue weighted by Crippen LogP contribution is -2.30. The smallest absolute Gasteiger partial charge is 0.408 e. The van der Waals surface area contributed by atoms with Crippen molar-refractivity contribution in [2.24, 2.45) is 0 Å². The highest BCUT2D eigenvalue weighted by Gasteiger charge is 2.43. The molecule has 2 aliphatic rings. The van der Waals surface area contributed by atoms with Crippen LogP contribution >= 0.6 is 0 Å². The van der Waals surface area contributed by atoms with Crippen LogP contribution in [0.1, 0.15) is 30.4 Å². The van der Waals surface area contributed by atoms with Crippen molar-refractivity contribution in [1.29, 1.82) is 0 Å². The highest BCUT2D eigenvalue weighted by molar-refractivity contribution is 5.71. The van der Waals surface area contributed by atoms with Gasteiger partial charge in [-0.1, -0.05) is 24.3 Å². The van der Waals surface area contributed by atoms with Crippen molar-refractivity contribution in [2.45, 2.75) is 31.3 Å². The molecule has 1 aliphatic carbocycles. The summed E-state index contributed by atoms with van der Waals surface area (Å²) in [6.07, 6.45) is 4.04. The van der Waals surface area contributed by atoms with Crippen LogP contribution in [0.25, 0.3) is 0 Å². The first-order chi connectivity index (χ1) is 7.80. The van der Waals surface area contributed by atoms with E-state index in [1.165, 1.54) is 17.5 Å². The third-order valence-corrected chi connectivity index (χ3v) is 3.59. The van der Waals surface area contributed by atoms with Gasteiger partial charge in [-0.2, -0.15) is 0 Å². The van der Waals surface area contributed by atoms with E-state index in [4.69, 9.17) is 4.74 Å². The van der Waals surface area contributed by atoms with E-state index in [0.717, 1.165) is 19.3 Å². The molecular formula is C13H15NO2. The van der Waals surface area contributed by atoms with E-state index in [2.05, 4.69) is 23.5 Å². The first-order valence-corrected chi connectivity index (χ1v) is 5.85. The molecule has 1 N–H and O–H groups in total. The Hall–Kier alpha value is -1.51. The molecule has 0 aromatic heterocycles. The molecule has 3 rings (SSSR count). The normalized spacial score (nSPS) is 28.1. The van der Waals surface area contributed by atoms with Crippen molar-refractivity contribution >= 4 is 6.09 Å². The summed E-state index contributed by atoms with van der Waals surface area (Å²) in [5.41, 5.74) is 2.13. The minimum atomic E-state index is -0.399. The van der Waals surface area contributed by atoms with Crippen LogP contribution in [0, 0.1) is 0 Å². The van der Waals surface area contributed by atoms with Crippen molar-refractivity contribution in [3.63, 3.8) is 0 Å². The summed E-state index contributed by atoms with van der Waals surface area (Å²) in [7, 11) is 0. The first-order valence-electron chi connectivity index (χ1n) is 5.85. The number of nitrogens with one attached hydrogen (secondary N) is 1. The van der Waals surface area contributed by atoms with Gasteiger partial charge in [-0.25, -0.2) is 4.79 Å². The second-order valence-electron chi connectivity index (χ2n) is 4.60. The predicted octanol–water partition coefficient (Wildman–Crippen LogP) is 2.35. The van der Waals surface area contributed by atoms with Gasteiger partial charge >= 0.3 is 6.09 Å². The fourth-order valence-corrected chi connectivity index (χ4v) is 2.80. The molecule has 1 aromatic rings. The Kier molecular flexibility index (Phi) is 2.13. The van der Waals surface area contributed by atoms with Crippen LogP contribution in [0.4, 0.5) is 4.79 Å². The zero-order valence-electron chi connectivity index (χ0n) is 9.16. The van der Waals surface area contributed by atoms with E-state index in [9.17, 15) is 4.79 Å². The van der Waals surface area contributed by atoms with Crippen molar-refractivity contribution in [3.8, 4) is 0 Å². The summed E-state index contributed by atoms with van der Waals surface area (Å²) in [4.78, 5) is 11.3. The van der Waals surface area contributed by atoms with E-state index in [1.54, 1.807) is 0 Å². The van der Waals surface area contributed by atoms with Crippen molar-refractivity contribution in [1.82, 2.24) is 5.32 Å². The Balaban J connectivity index is 2.09. The van der Waals surface area contributed by atoms with Crippen LogP contribution in [0.3, 0.4) is 0 Å². The van der Waals surface area contributed by atoms with E-state index < -0.39 is 5.60 Å². The minimum Gasteiger partial charge on any atom is -0.436 e. The Morgan fingerprint density at radius 2 is 2.12 bits per heavy atom. The van der Waals surface area contributed by atoms with Crippen LogP contribution in [0.2, 0.25) is 0 Å². The fourth-order valence-electron chi connectivity index (χ4n) is 2.80. The number of carbonyl (C=O) groups is 1. The number of benzene rings is 1. The molecule has 1 fully saturated rings. The molecular weight excluding hydrogens is 202 g/mol. The summed E-state index contributed by atoms with van der Waals surface area (Å²) in [5, 5.41) is 2.79. The monoisotopic (exact) mass is 217 g/mol. The van der Waals surface area contributed by atoms with E-state index in [1.807, 2.05) is 6.07 Å². The lowest BCUT2D eigenvalue weighted by Gasteiger charge is -2.26. The van der Waals surface area contributed by atoms with Crippen LogP contribution < -0.4 is 5.32 Å². The van der Waals surface area contributed by atoms with Crippen LogP contribution in [0.15, 0.2) is 24.3 Å². The van der Waals surface area contributed by atoms with Gasteiger partial charge in [0.25, 0.3) is 0 Å². The molecule has 0 radical (unpaired) electrons. The van der Waals surface area contributed by atoms with E-state index >= 15 is 0 Å². The number of fused-ring (bicyclic) bond motifs is 2. The van der Waals surface area contributed by atoms with Gasteiger partial charge < -0.3 is 10.1 Å². The largest absolute Gasteiger partial charge is 0.436 e. The zero-order chi connectivity index (χ0) is 11.0. The number of ether oxygens (including phenoxy) is 1. The summed E-state index contributed by atoms with van der Waals surface area (Å²) >= 11 is 0. The molecule has 84 valence electrons. The Morgan fingerprint density at radius 3 is 2.94 bits per heavy atom. The molecule has 1 heterocycles. The van der Waals surface area contributed by atoms with Crippen LogP contribution in [-0.4, -0.2) is 12.6 Å². The second kappa shape index (κ2) is 3.51. The van der Waals surface area contributed by atoms with E-state index in [0.29, 0.717) is 6.54 Å². The van der Waals surface area contributed by atoms with Gasteiger partial charge in [0, 0.05) is 5.56 Å². The highest BCUT2D eigenvalue weighted by Crippen LogP contribution is 2.39. The second-order valence-corrected chi connectivity index (χ2v) is 4.60. The number of aryl methyl sites for hydroxylation is 1. The molecule has 0 saturated carbocycles. The lowest BCUT2D eigenvalue weighted by molar-refractivity contribution is 0.0465. The molecule has 3 nitrogen and oxygen atoms in total. The number of alkyl carbamates (subject to hydrolysis) is 1. The van der Waals surface area contributed by atoms with Crippen LogP contribution in [0.5, 0.6) is 0 Å². The molecule has 1 spiro atoms. The zero-order valence-corrected chi connectivity index (χ0v) is 9.16. The molecule has 1 unspecified atom stereocenters. The third kappa shape index (κ3) is 1.39. The number of hydrogen-bond donors (Lipinski definition) is 1. The predicted molar refractivity (Wildman–Crippen MR) is 60.2 cm³/mol. The fraction of sp³-hybridized carbons (Fsp3) is 0.462. The van der Waals surface area contributed by atoms with Gasteiger partial charge in [-0.05, 0) is 31.2 Å². The molecule has 1 atom stereocenters. The maximum atomic E-state index is 11.3. The van der Waals surface area contributed by atoms with Gasteiger partial charge in [0.2, 0.25) is 0 Å². The maximum Gasteiger partial charge on any atom is 0.408 e. The van der Waals surface area contributed by atoms with Crippen molar-refractivity contribution in [2.75, 3.05) is 6.54 Å². The standard InChI is InChI=1S/C13H15NO2/c15-12-14-9-13(16-12)8-4-3-6-10-5-1-2-7-11(10)13/h1-2,5,7H,3-4,6,8-9H2,(H,14,15). The SMILES string of the molecule is O=C1NCC2(CCCCc3ccccc32)O1. The van der Waals surface area contributed by atoms with Gasteiger partial charge in [0.05, 0.1) is 6.54 Å². The lowest BCUT2D eigenvalue weighted by atomic mass is 9.88. The molecule has 1 aromatic carbocycles. The number of rotatable bonds is 0. The van der Waals surface area contributed by atoms with Crippen molar-refractivity contribution < 1.29 is 9.53 Å². The molecule has 1 amide bonds. The first kappa shape index (κ1) is 9.70. The number of carbonyl (C=O) groups excluding carboxylic acids is 1. The highest BCUT2D eigenvalue weighted by atomic mass is 16.6. The van der Waals surface area contributed by atoms with Crippen molar-refractivity contribution in [3.05, 3.63) is 35.4 Å². The average molecular weight is 217 g/mol. The Morgan fingerprint density at radius 1 is 1.25 bits per heavy atom. The summed E-state index contributed by atoms with van der Waals surface area (Å²) in [6.45, 7) is 0.614. The Bertz CT molecular complexity index is 430. The number of amides is 1. The molecule has 1 aliphatic heterocycles. The summed E-state index contributed by atoms with van der Waals surface area (Å²) in [6, 6.07) is 8.33. The third-order valence-electron chi connectivity index (χ3n) is 3.59. The molecule has 0 bridgehead atoms. The molecule has 1 saturated heterocycles. The van der Waals surface area contributed by atoms with Gasteiger partial charge in [-0.15, -0.1) is 0 Å². The summed E-state index contributed by atoms with van der Waals surface area (Å²) < 4.78 is 5.55. The quantitative estimate of drug-likeness (QED) is 0.724. The van der Waals surface area contributed by atoms with Gasteiger partial charge in [0.15, 0.2) is 5.60 Å². The number of hydrogen-bond acceptors (Lipinski definition) is 2. The Labute approximate surface area is 94.8 Å². The topological polar surface area (TPSA) is 38.3 Å². The van der Waals surface area contributed by atoms with Crippen LogP contribution in [-0.2, 0) is 16.8 Å². The van der Waals surface area contributed by atoms with Gasteiger partial charge in [0.1, 0.15) is 0 Å².